The van der Waals surface area contributed by atoms with Gasteiger partial charge in [-0.2, -0.15) is 5.26 Å². The number of aromatic nitrogens is 2. The van der Waals surface area contributed by atoms with Crippen LogP contribution >= 0.6 is 11.6 Å². The molecule has 0 saturated carbocycles. The summed E-state index contributed by atoms with van der Waals surface area (Å²) in [6, 6.07) is 7.51. The molecular formula is C11H7ClN4O2S. The molecule has 0 saturated heterocycles. The van der Waals surface area contributed by atoms with E-state index in [4.69, 9.17) is 16.9 Å². The van der Waals surface area contributed by atoms with Gasteiger partial charge in [-0.3, -0.25) is 9.71 Å². The topological polar surface area (TPSA) is 95.7 Å². The summed E-state index contributed by atoms with van der Waals surface area (Å²) in [5.74, 6) is 0.00913. The zero-order valence-electron chi connectivity index (χ0n) is 9.41. The standard InChI is InChI=1S/C11H7ClN4O2S/c12-10-6-14-7-11(15-10)16-19(17,18)9-3-1-2-8(4-9)5-13/h1-4,6-7H,(H,15,16). The molecule has 19 heavy (non-hydrogen) atoms. The second-order valence-electron chi connectivity index (χ2n) is 3.47. The van der Waals surface area contributed by atoms with Crippen LogP contribution in [0.5, 0.6) is 0 Å². The Hall–Kier alpha value is -2.17. The Kier molecular flexibility index (Phi) is 3.64. The van der Waals surface area contributed by atoms with Crippen molar-refractivity contribution in [1.82, 2.24) is 9.97 Å². The first-order valence-electron chi connectivity index (χ1n) is 5.02. The average molecular weight is 295 g/mol. The fraction of sp³-hybridized carbons (Fsp3) is 0. The Morgan fingerprint density at radius 2 is 2.11 bits per heavy atom. The Bertz CT molecular complexity index is 755. The largest absolute Gasteiger partial charge is 0.263 e. The van der Waals surface area contributed by atoms with Gasteiger partial charge in [-0.1, -0.05) is 17.7 Å². The van der Waals surface area contributed by atoms with Gasteiger partial charge in [0, 0.05) is 0 Å². The fourth-order valence-corrected chi connectivity index (χ4v) is 2.50. The first-order valence-corrected chi connectivity index (χ1v) is 6.88. The third-order valence-electron chi connectivity index (χ3n) is 2.12. The summed E-state index contributed by atoms with van der Waals surface area (Å²) in [6.07, 6.45) is 2.52. The van der Waals surface area contributed by atoms with E-state index in [1.165, 1.54) is 36.7 Å². The van der Waals surface area contributed by atoms with Crippen molar-refractivity contribution < 1.29 is 8.42 Å². The Labute approximate surface area is 114 Å². The van der Waals surface area contributed by atoms with Crippen molar-refractivity contribution in [2.75, 3.05) is 4.72 Å². The molecule has 0 aliphatic rings. The maximum atomic E-state index is 12.0. The van der Waals surface area contributed by atoms with Crippen molar-refractivity contribution in [2.45, 2.75) is 4.90 Å². The van der Waals surface area contributed by atoms with Crippen molar-refractivity contribution in [3.05, 3.63) is 47.4 Å². The van der Waals surface area contributed by atoms with Gasteiger partial charge in [-0.25, -0.2) is 13.4 Å². The molecule has 0 aliphatic heterocycles. The quantitative estimate of drug-likeness (QED) is 0.931. The summed E-state index contributed by atoms with van der Waals surface area (Å²) >= 11 is 5.62. The van der Waals surface area contributed by atoms with Gasteiger partial charge in [0.05, 0.1) is 28.9 Å². The van der Waals surface area contributed by atoms with Gasteiger partial charge in [0.1, 0.15) is 5.15 Å². The van der Waals surface area contributed by atoms with E-state index in [0.717, 1.165) is 0 Å². The molecular weight excluding hydrogens is 288 g/mol. The zero-order chi connectivity index (χ0) is 13.9. The normalized spacial score (nSPS) is 10.7. The maximum Gasteiger partial charge on any atom is 0.263 e. The number of halogens is 1. The van der Waals surface area contributed by atoms with Crippen LogP contribution in [0.25, 0.3) is 0 Å². The molecule has 0 amide bonds. The molecule has 0 aliphatic carbocycles. The minimum absolute atomic E-state index is 0.00913. The van der Waals surface area contributed by atoms with Gasteiger partial charge in [-0.15, -0.1) is 0 Å². The summed E-state index contributed by atoms with van der Waals surface area (Å²) in [5, 5.41) is 8.82. The third-order valence-corrected chi connectivity index (χ3v) is 3.65. The second kappa shape index (κ2) is 5.22. The van der Waals surface area contributed by atoms with E-state index in [0.29, 0.717) is 0 Å². The number of rotatable bonds is 3. The smallest absolute Gasteiger partial charge is 0.262 e. The van der Waals surface area contributed by atoms with Gasteiger partial charge in [0.15, 0.2) is 5.82 Å². The Morgan fingerprint density at radius 1 is 1.32 bits per heavy atom. The van der Waals surface area contributed by atoms with Gasteiger partial charge in [-0.05, 0) is 18.2 Å². The monoisotopic (exact) mass is 294 g/mol. The molecule has 0 fully saturated rings. The average Bonchev–Trinajstić information content (AvgIpc) is 2.38. The molecule has 1 heterocycles. The number of hydrogen-bond donors (Lipinski definition) is 1. The van der Waals surface area contributed by atoms with Crippen LogP contribution < -0.4 is 4.72 Å². The van der Waals surface area contributed by atoms with Crippen LogP contribution in [0.1, 0.15) is 5.56 Å². The van der Waals surface area contributed by atoms with Crippen LogP contribution in [-0.4, -0.2) is 18.4 Å². The number of nitrogens with zero attached hydrogens (tertiary/aromatic N) is 3. The molecule has 1 N–H and O–H groups in total. The van der Waals surface area contributed by atoms with E-state index in [2.05, 4.69) is 14.7 Å². The van der Waals surface area contributed by atoms with Crippen LogP contribution in [0.15, 0.2) is 41.6 Å². The van der Waals surface area contributed by atoms with E-state index >= 15 is 0 Å². The minimum Gasteiger partial charge on any atom is -0.262 e. The van der Waals surface area contributed by atoms with Crippen LogP contribution in [0.4, 0.5) is 5.82 Å². The molecule has 0 unspecified atom stereocenters. The highest BCUT2D eigenvalue weighted by Crippen LogP contribution is 2.16. The lowest BCUT2D eigenvalue weighted by Crippen LogP contribution is -2.14. The number of sulfonamides is 1. The molecule has 2 aromatic rings. The fourth-order valence-electron chi connectivity index (χ4n) is 1.32. The lowest BCUT2D eigenvalue weighted by molar-refractivity contribution is 0.601. The lowest BCUT2D eigenvalue weighted by atomic mass is 10.2. The molecule has 8 heteroatoms. The van der Waals surface area contributed by atoms with E-state index in [-0.39, 0.29) is 21.4 Å². The zero-order valence-corrected chi connectivity index (χ0v) is 11.0. The summed E-state index contributed by atoms with van der Waals surface area (Å²) < 4.78 is 26.3. The van der Waals surface area contributed by atoms with Crippen molar-refractivity contribution in [3.63, 3.8) is 0 Å². The molecule has 2 rings (SSSR count). The first-order chi connectivity index (χ1) is 9.01. The van der Waals surface area contributed by atoms with Crippen molar-refractivity contribution >= 4 is 27.4 Å². The van der Waals surface area contributed by atoms with E-state index in [9.17, 15) is 8.42 Å². The van der Waals surface area contributed by atoms with Crippen LogP contribution in [0.2, 0.25) is 5.15 Å². The first kappa shape index (κ1) is 13.3. The number of nitrogens with one attached hydrogen (secondary N) is 1. The van der Waals surface area contributed by atoms with E-state index in [1.807, 2.05) is 6.07 Å². The molecule has 96 valence electrons. The summed E-state index contributed by atoms with van der Waals surface area (Å²) in [4.78, 5) is 7.46. The number of anilines is 1. The highest BCUT2D eigenvalue weighted by molar-refractivity contribution is 7.92. The molecule has 1 aromatic carbocycles. The molecule has 0 spiro atoms. The van der Waals surface area contributed by atoms with Crippen molar-refractivity contribution in [1.29, 1.82) is 5.26 Å². The summed E-state index contributed by atoms with van der Waals surface area (Å²) in [6.45, 7) is 0. The van der Waals surface area contributed by atoms with Gasteiger partial charge in [0.2, 0.25) is 0 Å². The highest BCUT2D eigenvalue weighted by Gasteiger charge is 2.15. The molecule has 0 radical (unpaired) electrons. The maximum absolute atomic E-state index is 12.0. The van der Waals surface area contributed by atoms with Crippen LogP contribution in [0.3, 0.4) is 0 Å². The van der Waals surface area contributed by atoms with Crippen molar-refractivity contribution in [3.8, 4) is 6.07 Å². The summed E-state index contributed by atoms with van der Waals surface area (Å²) in [7, 11) is -3.82. The Balaban J connectivity index is 2.35. The van der Waals surface area contributed by atoms with Gasteiger partial charge < -0.3 is 0 Å². The van der Waals surface area contributed by atoms with Crippen molar-refractivity contribution in [2.24, 2.45) is 0 Å². The Morgan fingerprint density at radius 3 is 2.79 bits per heavy atom. The van der Waals surface area contributed by atoms with Gasteiger partial charge >= 0.3 is 0 Å². The number of nitriles is 1. The minimum atomic E-state index is -3.82. The third kappa shape index (κ3) is 3.19. The van der Waals surface area contributed by atoms with E-state index < -0.39 is 10.0 Å². The molecule has 0 bridgehead atoms. The predicted molar refractivity (Wildman–Crippen MR) is 69.0 cm³/mol. The SMILES string of the molecule is N#Cc1cccc(S(=O)(=O)Nc2cncc(Cl)n2)c1. The summed E-state index contributed by atoms with van der Waals surface area (Å²) in [5.41, 5.74) is 0.250. The number of hydrogen-bond acceptors (Lipinski definition) is 5. The van der Waals surface area contributed by atoms with Crippen LogP contribution in [-0.2, 0) is 10.0 Å². The van der Waals surface area contributed by atoms with E-state index in [1.54, 1.807) is 0 Å². The van der Waals surface area contributed by atoms with Gasteiger partial charge in [0.25, 0.3) is 10.0 Å². The second-order valence-corrected chi connectivity index (χ2v) is 5.54. The molecule has 1 aromatic heterocycles. The number of benzene rings is 1. The molecule has 0 atom stereocenters. The highest BCUT2D eigenvalue weighted by atomic mass is 35.5. The predicted octanol–water partition coefficient (Wildman–Crippen LogP) is 1.80. The van der Waals surface area contributed by atoms with Crippen LogP contribution in [0, 0.1) is 11.3 Å². The molecule has 6 nitrogen and oxygen atoms in total. The lowest BCUT2D eigenvalue weighted by Gasteiger charge is -2.07.